The number of esters is 1. The lowest BCUT2D eigenvalue weighted by Crippen LogP contribution is -2.52. The number of methoxy groups -OCH3 is 1. The molecule has 0 aliphatic heterocycles. The fourth-order valence-corrected chi connectivity index (χ4v) is 3.88. The van der Waals surface area contributed by atoms with Gasteiger partial charge in [-0.05, 0) is 43.9 Å². The molecule has 0 heterocycles. The summed E-state index contributed by atoms with van der Waals surface area (Å²) >= 11 is 1.23. The lowest BCUT2D eigenvalue weighted by molar-refractivity contribution is -0.148. The standard InChI is InChI=1S/C14H17F2NO2S/c1-19-13(18)14(17)6-2-3-10(8-14)20-12-7-9(15)4-5-11(12)16/h4-5,7,10H,2-3,6,8,17H2,1H3. The third-order valence-electron chi connectivity index (χ3n) is 3.52. The molecular formula is C14H17F2NO2S. The minimum atomic E-state index is -1.02. The third-order valence-corrected chi connectivity index (χ3v) is 4.82. The second-order valence-electron chi connectivity index (χ2n) is 5.06. The van der Waals surface area contributed by atoms with Crippen molar-refractivity contribution >= 4 is 17.7 Å². The number of nitrogens with two attached hydrogens (primary N) is 1. The van der Waals surface area contributed by atoms with E-state index in [4.69, 9.17) is 10.5 Å². The van der Waals surface area contributed by atoms with Gasteiger partial charge in [0.05, 0.1) is 7.11 Å². The van der Waals surface area contributed by atoms with Gasteiger partial charge >= 0.3 is 5.97 Å². The first kappa shape index (κ1) is 15.3. The summed E-state index contributed by atoms with van der Waals surface area (Å²) in [6.45, 7) is 0. The molecule has 0 saturated heterocycles. The maximum Gasteiger partial charge on any atom is 0.325 e. The Morgan fingerprint density at radius 3 is 2.95 bits per heavy atom. The Labute approximate surface area is 120 Å². The van der Waals surface area contributed by atoms with Gasteiger partial charge in [-0.15, -0.1) is 11.8 Å². The predicted octanol–water partition coefficient (Wildman–Crippen LogP) is 2.87. The van der Waals surface area contributed by atoms with Crippen LogP contribution in [-0.2, 0) is 9.53 Å². The third kappa shape index (κ3) is 3.30. The first-order chi connectivity index (χ1) is 9.44. The Kier molecular flexibility index (Phi) is 4.65. The number of carbonyl (C=O) groups excluding carboxylic acids is 1. The summed E-state index contributed by atoms with van der Waals surface area (Å²) in [5.74, 6) is -1.37. The van der Waals surface area contributed by atoms with E-state index >= 15 is 0 Å². The Bertz CT molecular complexity index is 512. The van der Waals surface area contributed by atoms with E-state index < -0.39 is 23.1 Å². The molecular weight excluding hydrogens is 284 g/mol. The minimum Gasteiger partial charge on any atom is -0.468 e. The Morgan fingerprint density at radius 1 is 1.50 bits per heavy atom. The molecule has 0 radical (unpaired) electrons. The van der Waals surface area contributed by atoms with Gasteiger partial charge < -0.3 is 10.5 Å². The minimum absolute atomic E-state index is 0.0239. The summed E-state index contributed by atoms with van der Waals surface area (Å²) < 4.78 is 31.5. The summed E-state index contributed by atoms with van der Waals surface area (Å²) in [5, 5.41) is -0.0239. The molecule has 0 bridgehead atoms. The molecule has 1 aliphatic rings. The highest BCUT2D eigenvalue weighted by Crippen LogP contribution is 2.38. The van der Waals surface area contributed by atoms with Crippen LogP contribution in [0.15, 0.2) is 23.1 Å². The normalized spacial score (nSPS) is 26.3. The predicted molar refractivity (Wildman–Crippen MR) is 73.4 cm³/mol. The van der Waals surface area contributed by atoms with Crippen LogP contribution in [0, 0.1) is 11.6 Å². The Hall–Kier alpha value is -1.14. The van der Waals surface area contributed by atoms with Gasteiger partial charge in [0.1, 0.15) is 17.2 Å². The lowest BCUT2D eigenvalue weighted by atomic mass is 9.82. The van der Waals surface area contributed by atoms with Gasteiger partial charge in [0.15, 0.2) is 0 Å². The van der Waals surface area contributed by atoms with Crippen molar-refractivity contribution in [2.45, 2.75) is 41.4 Å². The summed E-state index contributed by atoms with van der Waals surface area (Å²) in [6, 6.07) is 3.36. The molecule has 2 atom stereocenters. The largest absolute Gasteiger partial charge is 0.468 e. The quantitative estimate of drug-likeness (QED) is 0.872. The van der Waals surface area contributed by atoms with Crippen LogP contribution in [0.3, 0.4) is 0 Å². The molecule has 1 fully saturated rings. The van der Waals surface area contributed by atoms with E-state index in [0.717, 1.165) is 25.0 Å². The fraction of sp³-hybridized carbons (Fsp3) is 0.500. The number of thioether (sulfide) groups is 1. The number of hydrogen-bond donors (Lipinski definition) is 1. The van der Waals surface area contributed by atoms with E-state index in [9.17, 15) is 13.6 Å². The Balaban J connectivity index is 2.10. The van der Waals surface area contributed by atoms with Crippen LogP contribution in [0.2, 0.25) is 0 Å². The molecule has 20 heavy (non-hydrogen) atoms. The van der Waals surface area contributed by atoms with Crippen LogP contribution in [-0.4, -0.2) is 23.9 Å². The van der Waals surface area contributed by atoms with E-state index in [1.165, 1.54) is 24.9 Å². The fourth-order valence-electron chi connectivity index (χ4n) is 2.49. The highest BCUT2D eigenvalue weighted by atomic mass is 32.2. The molecule has 6 heteroatoms. The van der Waals surface area contributed by atoms with Gasteiger partial charge in [-0.2, -0.15) is 0 Å². The van der Waals surface area contributed by atoms with Gasteiger partial charge in [0, 0.05) is 10.1 Å². The number of benzene rings is 1. The van der Waals surface area contributed by atoms with Gasteiger partial charge in [-0.25, -0.2) is 8.78 Å². The van der Waals surface area contributed by atoms with Crippen molar-refractivity contribution in [1.82, 2.24) is 0 Å². The summed E-state index contributed by atoms with van der Waals surface area (Å²) in [7, 11) is 1.31. The van der Waals surface area contributed by atoms with Crippen molar-refractivity contribution < 1.29 is 18.3 Å². The van der Waals surface area contributed by atoms with Crippen LogP contribution in [0.5, 0.6) is 0 Å². The zero-order chi connectivity index (χ0) is 14.8. The lowest BCUT2D eigenvalue weighted by Gasteiger charge is -2.35. The average Bonchev–Trinajstić information content (AvgIpc) is 2.42. The number of rotatable bonds is 3. The molecule has 1 aliphatic carbocycles. The van der Waals surface area contributed by atoms with Crippen LogP contribution < -0.4 is 5.73 Å². The highest BCUT2D eigenvalue weighted by molar-refractivity contribution is 8.00. The molecule has 2 unspecified atom stereocenters. The monoisotopic (exact) mass is 301 g/mol. The molecule has 1 aromatic rings. The number of ether oxygens (including phenoxy) is 1. The number of hydrogen-bond acceptors (Lipinski definition) is 4. The van der Waals surface area contributed by atoms with Crippen LogP contribution in [0.25, 0.3) is 0 Å². The summed E-state index contributed by atoms with van der Waals surface area (Å²) in [4.78, 5) is 12.0. The maximum absolute atomic E-state index is 13.6. The van der Waals surface area contributed by atoms with Gasteiger partial charge in [0.2, 0.25) is 0 Å². The van der Waals surface area contributed by atoms with E-state index in [2.05, 4.69) is 0 Å². The van der Waals surface area contributed by atoms with Crippen molar-refractivity contribution in [2.75, 3.05) is 7.11 Å². The van der Waals surface area contributed by atoms with Crippen LogP contribution in [0.1, 0.15) is 25.7 Å². The second kappa shape index (κ2) is 6.10. The highest BCUT2D eigenvalue weighted by Gasteiger charge is 2.40. The molecule has 0 amide bonds. The first-order valence-electron chi connectivity index (χ1n) is 6.43. The second-order valence-corrected chi connectivity index (χ2v) is 6.40. The van der Waals surface area contributed by atoms with E-state index in [1.54, 1.807) is 0 Å². The van der Waals surface area contributed by atoms with E-state index in [-0.39, 0.29) is 10.1 Å². The van der Waals surface area contributed by atoms with Crippen molar-refractivity contribution in [1.29, 1.82) is 0 Å². The molecule has 1 aromatic carbocycles. The molecule has 2 rings (SSSR count). The molecule has 2 N–H and O–H groups in total. The van der Waals surface area contributed by atoms with Crippen LogP contribution in [0.4, 0.5) is 8.78 Å². The average molecular weight is 301 g/mol. The SMILES string of the molecule is COC(=O)C1(N)CCCC(Sc2cc(F)ccc2F)C1. The van der Waals surface area contributed by atoms with Crippen molar-refractivity contribution in [3.8, 4) is 0 Å². The molecule has 110 valence electrons. The first-order valence-corrected chi connectivity index (χ1v) is 7.31. The number of halogens is 2. The number of carbonyl (C=O) groups is 1. The smallest absolute Gasteiger partial charge is 0.325 e. The van der Waals surface area contributed by atoms with Gasteiger partial charge in [-0.3, -0.25) is 4.79 Å². The molecule has 0 aromatic heterocycles. The topological polar surface area (TPSA) is 52.3 Å². The van der Waals surface area contributed by atoms with Crippen molar-refractivity contribution in [2.24, 2.45) is 5.73 Å². The molecule has 0 spiro atoms. The van der Waals surface area contributed by atoms with E-state index in [0.29, 0.717) is 12.8 Å². The van der Waals surface area contributed by atoms with Crippen LogP contribution >= 0.6 is 11.8 Å². The Morgan fingerprint density at radius 2 is 2.25 bits per heavy atom. The zero-order valence-electron chi connectivity index (χ0n) is 11.2. The van der Waals surface area contributed by atoms with Crippen molar-refractivity contribution in [3.63, 3.8) is 0 Å². The van der Waals surface area contributed by atoms with E-state index in [1.807, 2.05) is 0 Å². The van der Waals surface area contributed by atoms with Gasteiger partial charge in [0.25, 0.3) is 0 Å². The zero-order valence-corrected chi connectivity index (χ0v) is 12.0. The molecule has 3 nitrogen and oxygen atoms in total. The van der Waals surface area contributed by atoms with Gasteiger partial charge in [-0.1, -0.05) is 0 Å². The van der Waals surface area contributed by atoms with Crippen molar-refractivity contribution in [3.05, 3.63) is 29.8 Å². The summed E-state index contributed by atoms with van der Waals surface area (Å²) in [5.41, 5.74) is 5.05. The summed E-state index contributed by atoms with van der Waals surface area (Å²) in [6.07, 6.45) is 2.54. The maximum atomic E-state index is 13.6. The molecule has 1 saturated carbocycles.